The Morgan fingerprint density at radius 3 is 3.00 bits per heavy atom. The lowest BCUT2D eigenvalue weighted by Gasteiger charge is -2.24. The molecule has 0 spiro atoms. The van der Waals surface area contributed by atoms with Crippen molar-refractivity contribution < 1.29 is 9.53 Å². The summed E-state index contributed by atoms with van der Waals surface area (Å²) in [5, 5.41) is 6.57. The molecule has 1 saturated heterocycles. The molecule has 0 radical (unpaired) electrons. The Hall–Kier alpha value is -1.07. The van der Waals surface area contributed by atoms with E-state index in [1.807, 2.05) is 6.07 Å². The van der Waals surface area contributed by atoms with Crippen LogP contribution in [0.2, 0.25) is 0 Å². The van der Waals surface area contributed by atoms with Crippen LogP contribution in [0.3, 0.4) is 0 Å². The minimum Gasteiger partial charge on any atom is -0.496 e. The topological polar surface area (TPSA) is 50.4 Å². The van der Waals surface area contributed by atoms with Gasteiger partial charge in [0.1, 0.15) is 5.75 Å². The third-order valence-corrected chi connectivity index (χ3v) is 4.24. The quantitative estimate of drug-likeness (QED) is 0.866. The number of hydrogen-bond donors (Lipinski definition) is 2. The molecule has 4 nitrogen and oxygen atoms in total. The molecule has 0 saturated carbocycles. The van der Waals surface area contributed by atoms with Crippen molar-refractivity contribution in [2.24, 2.45) is 0 Å². The fourth-order valence-corrected chi connectivity index (χ4v) is 3.01. The second-order valence-electron chi connectivity index (χ2n) is 5.04. The fourth-order valence-electron chi connectivity index (χ4n) is 2.65. The highest BCUT2D eigenvalue weighted by Crippen LogP contribution is 2.23. The van der Waals surface area contributed by atoms with Crippen molar-refractivity contribution in [3.8, 4) is 5.75 Å². The zero-order valence-electron chi connectivity index (χ0n) is 11.9. The van der Waals surface area contributed by atoms with Crippen LogP contribution in [-0.4, -0.2) is 31.6 Å². The van der Waals surface area contributed by atoms with Crippen molar-refractivity contribution >= 4 is 21.8 Å². The van der Waals surface area contributed by atoms with Gasteiger partial charge in [0.05, 0.1) is 12.7 Å². The van der Waals surface area contributed by atoms with E-state index in [0.717, 1.165) is 23.9 Å². The van der Waals surface area contributed by atoms with Gasteiger partial charge in [0.2, 0.25) is 0 Å². The molecule has 1 aromatic rings. The number of ether oxygens (including phenoxy) is 1. The number of halogens is 1. The van der Waals surface area contributed by atoms with Crippen LogP contribution in [0.4, 0.5) is 0 Å². The minimum absolute atomic E-state index is 0.0799. The van der Waals surface area contributed by atoms with Gasteiger partial charge >= 0.3 is 0 Å². The van der Waals surface area contributed by atoms with Crippen LogP contribution >= 0.6 is 15.9 Å². The lowest BCUT2D eigenvalue weighted by Crippen LogP contribution is -2.47. The first-order valence-corrected chi connectivity index (χ1v) is 7.82. The summed E-state index contributed by atoms with van der Waals surface area (Å²) >= 11 is 3.40. The van der Waals surface area contributed by atoms with Crippen LogP contribution in [0.15, 0.2) is 22.7 Å². The predicted octanol–water partition coefficient (Wildman–Crippen LogP) is 2.72. The van der Waals surface area contributed by atoms with Gasteiger partial charge in [-0.1, -0.05) is 22.9 Å². The van der Waals surface area contributed by atoms with E-state index in [1.165, 1.54) is 6.42 Å². The van der Waals surface area contributed by atoms with Gasteiger partial charge in [-0.25, -0.2) is 0 Å². The number of benzene rings is 1. The second-order valence-corrected chi connectivity index (χ2v) is 5.95. The summed E-state index contributed by atoms with van der Waals surface area (Å²) < 4.78 is 6.14. The van der Waals surface area contributed by atoms with Gasteiger partial charge in [-0.15, -0.1) is 0 Å². The molecule has 1 heterocycles. The summed E-state index contributed by atoms with van der Waals surface area (Å²) in [6, 6.07) is 6.00. The average molecular weight is 341 g/mol. The highest BCUT2D eigenvalue weighted by Gasteiger charge is 2.25. The SMILES string of the molecule is CCC(NC(=O)c1cc(Br)ccc1OC)C1CCCN1. The van der Waals surface area contributed by atoms with E-state index in [9.17, 15) is 4.79 Å². The van der Waals surface area contributed by atoms with Crippen LogP contribution in [-0.2, 0) is 0 Å². The molecule has 2 rings (SSSR count). The summed E-state index contributed by atoms with van der Waals surface area (Å²) in [7, 11) is 1.58. The van der Waals surface area contributed by atoms with Gasteiger partial charge in [-0.2, -0.15) is 0 Å². The smallest absolute Gasteiger partial charge is 0.255 e. The lowest BCUT2D eigenvalue weighted by atomic mass is 10.0. The molecule has 1 aliphatic rings. The number of carbonyl (C=O) groups excluding carboxylic acids is 1. The number of carbonyl (C=O) groups is 1. The number of amides is 1. The molecule has 0 bridgehead atoms. The summed E-state index contributed by atoms with van der Waals surface area (Å²) in [5.74, 6) is 0.517. The first-order chi connectivity index (χ1) is 9.65. The summed E-state index contributed by atoms with van der Waals surface area (Å²) in [5.41, 5.74) is 0.568. The largest absolute Gasteiger partial charge is 0.496 e. The van der Waals surface area contributed by atoms with Gasteiger partial charge in [0.25, 0.3) is 5.91 Å². The Bertz CT molecular complexity index is 473. The number of nitrogens with one attached hydrogen (secondary N) is 2. The van der Waals surface area contributed by atoms with Crippen molar-refractivity contribution in [1.82, 2.24) is 10.6 Å². The van der Waals surface area contributed by atoms with Gasteiger partial charge < -0.3 is 15.4 Å². The van der Waals surface area contributed by atoms with Crippen molar-refractivity contribution in [2.75, 3.05) is 13.7 Å². The van der Waals surface area contributed by atoms with Crippen molar-refractivity contribution in [3.63, 3.8) is 0 Å². The second kappa shape index (κ2) is 7.09. The summed E-state index contributed by atoms with van der Waals surface area (Å²) in [6.07, 6.45) is 3.21. The number of hydrogen-bond acceptors (Lipinski definition) is 3. The molecule has 1 aliphatic heterocycles. The van der Waals surface area contributed by atoms with Crippen molar-refractivity contribution in [2.45, 2.75) is 38.3 Å². The standard InChI is InChI=1S/C15H21BrN2O2/c1-3-12(13-5-4-8-17-13)18-15(19)11-9-10(16)6-7-14(11)20-2/h6-7,9,12-13,17H,3-5,8H2,1-2H3,(H,18,19). The van der Waals surface area contributed by atoms with Crippen LogP contribution in [0.5, 0.6) is 5.75 Å². The van der Waals surface area contributed by atoms with E-state index in [0.29, 0.717) is 17.4 Å². The van der Waals surface area contributed by atoms with E-state index in [4.69, 9.17) is 4.74 Å². The molecule has 2 unspecified atom stereocenters. The maximum Gasteiger partial charge on any atom is 0.255 e. The molecule has 5 heteroatoms. The van der Waals surface area contributed by atoms with Crippen LogP contribution < -0.4 is 15.4 Å². The monoisotopic (exact) mass is 340 g/mol. The molecule has 1 fully saturated rings. The van der Waals surface area contributed by atoms with Gasteiger partial charge in [-0.05, 0) is 44.0 Å². The van der Waals surface area contributed by atoms with Crippen LogP contribution in [0, 0.1) is 0 Å². The maximum absolute atomic E-state index is 12.5. The van der Waals surface area contributed by atoms with Crippen LogP contribution in [0.1, 0.15) is 36.5 Å². The average Bonchev–Trinajstić information content (AvgIpc) is 2.98. The molecule has 1 aromatic carbocycles. The molecule has 20 heavy (non-hydrogen) atoms. The summed E-state index contributed by atoms with van der Waals surface area (Å²) in [6.45, 7) is 3.14. The van der Waals surface area contributed by atoms with E-state index in [1.54, 1.807) is 19.2 Å². The highest BCUT2D eigenvalue weighted by molar-refractivity contribution is 9.10. The number of rotatable bonds is 5. The Labute approximate surface area is 128 Å². The van der Waals surface area contributed by atoms with E-state index >= 15 is 0 Å². The Kier molecular flexibility index (Phi) is 5.43. The zero-order chi connectivity index (χ0) is 14.5. The molecular formula is C15H21BrN2O2. The third kappa shape index (κ3) is 3.52. The zero-order valence-corrected chi connectivity index (χ0v) is 13.5. The van der Waals surface area contributed by atoms with E-state index in [-0.39, 0.29) is 11.9 Å². The summed E-state index contributed by atoms with van der Waals surface area (Å²) in [4.78, 5) is 12.5. The van der Waals surface area contributed by atoms with E-state index < -0.39 is 0 Å². The normalized spacial score (nSPS) is 19.6. The molecule has 0 aliphatic carbocycles. The molecule has 2 N–H and O–H groups in total. The van der Waals surface area contributed by atoms with Gasteiger partial charge in [0, 0.05) is 16.6 Å². The van der Waals surface area contributed by atoms with E-state index in [2.05, 4.69) is 33.5 Å². The molecular weight excluding hydrogens is 320 g/mol. The molecule has 0 aromatic heterocycles. The lowest BCUT2D eigenvalue weighted by molar-refractivity contribution is 0.0924. The molecule has 2 atom stereocenters. The highest BCUT2D eigenvalue weighted by atomic mass is 79.9. The Morgan fingerprint density at radius 1 is 1.60 bits per heavy atom. The maximum atomic E-state index is 12.5. The fraction of sp³-hybridized carbons (Fsp3) is 0.533. The first kappa shape index (κ1) is 15.3. The Morgan fingerprint density at radius 2 is 2.40 bits per heavy atom. The minimum atomic E-state index is -0.0799. The van der Waals surface area contributed by atoms with Gasteiger partial charge in [0.15, 0.2) is 0 Å². The van der Waals surface area contributed by atoms with Gasteiger partial charge in [-0.3, -0.25) is 4.79 Å². The predicted molar refractivity (Wildman–Crippen MR) is 83.3 cm³/mol. The van der Waals surface area contributed by atoms with Crippen molar-refractivity contribution in [3.05, 3.63) is 28.2 Å². The molecule has 110 valence electrons. The first-order valence-electron chi connectivity index (χ1n) is 7.03. The Balaban J connectivity index is 2.12. The number of methoxy groups -OCH3 is 1. The molecule has 1 amide bonds. The third-order valence-electron chi connectivity index (χ3n) is 3.75. The van der Waals surface area contributed by atoms with Crippen LogP contribution in [0.25, 0.3) is 0 Å². The van der Waals surface area contributed by atoms with Crippen molar-refractivity contribution in [1.29, 1.82) is 0 Å².